The highest BCUT2D eigenvalue weighted by atomic mass is 16.7. The lowest BCUT2D eigenvalue weighted by Crippen LogP contribution is -2.69. The minimum Gasteiger partial charge on any atom is -0.394 e. The second kappa shape index (κ2) is 25.2. The molecular weight excluding hydrogens is 910 g/mol. The number of aliphatic hydroxyl groups is 7. The molecule has 0 radical (unpaired) electrons. The summed E-state index contributed by atoms with van der Waals surface area (Å²) in [7, 11) is 1.45. The SMILES string of the molecule is CNCC(=O)NC(CO)C(=O)NC(C(=O)NC(C)C(=O)N1CCCC1C(=O)N1CCCC1C(=O)NC(C)C(N)=O)C(C)O[C@@H]1OC(CO)[C@H](O)C(O[C@@H]2OC(CO)[C@H](O)C(O)[C@H]2O)[C@H]1NC(C)=O. The number of nitrogens with one attached hydrogen (secondary N) is 6. The van der Waals surface area contributed by atoms with Crippen LogP contribution in [0, 0.1) is 0 Å². The van der Waals surface area contributed by atoms with Gasteiger partial charge in [-0.05, 0) is 53.5 Å². The van der Waals surface area contributed by atoms with Crippen molar-refractivity contribution < 1.29 is 93.0 Å². The standard InChI is InChI=1S/C40H67N9O19/c1-16(33(41)59)43-35(61)21-8-6-10-48(21)38(64)22-9-7-11-49(22)37(63)17(2)44-36(62)26(47-34(60)20(13-50)46-25(54)12-42-5)18(3)65-39-27(45-19(4)53)32(29(56)24(15-52)66-39)68-40-31(58)30(57)28(55)23(14-51)67-40/h16-18,20-24,26-32,39-40,42,50-52,55-58H,6-15H2,1-5H3,(H2,41,59)(H,43,61)(H,44,62)(H,45,53)(H,46,54)(H,47,60)/t16?,17?,18?,20?,21?,22?,23?,24?,26?,27-,28+,29+,30?,31-,32?,39-,40+/m1/s1. The Hall–Kier alpha value is -4.72. The van der Waals surface area contributed by atoms with Crippen molar-refractivity contribution in [2.24, 2.45) is 5.73 Å². The smallest absolute Gasteiger partial charge is 0.246 e. The van der Waals surface area contributed by atoms with Gasteiger partial charge in [0.15, 0.2) is 12.6 Å². The lowest BCUT2D eigenvalue weighted by Gasteiger charge is -2.48. The molecule has 4 heterocycles. The van der Waals surface area contributed by atoms with Crippen LogP contribution in [0.2, 0.25) is 0 Å². The van der Waals surface area contributed by atoms with E-state index in [1.807, 2.05) is 0 Å². The Balaban J connectivity index is 1.60. The Morgan fingerprint density at radius 3 is 1.93 bits per heavy atom. The number of likely N-dealkylation sites (tertiary alicyclic amines) is 2. The molecule has 11 unspecified atom stereocenters. The molecule has 17 atom stereocenters. The van der Waals surface area contributed by atoms with Crippen LogP contribution in [0.5, 0.6) is 0 Å². The van der Waals surface area contributed by atoms with E-state index in [1.165, 1.54) is 37.6 Å². The molecule has 28 nitrogen and oxygen atoms in total. The molecular formula is C40H67N9O19. The van der Waals surface area contributed by atoms with Crippen molar-refractivity contribution in [1.82, 2.24) is 41.7 Å². The normalized spacial score (nSPS) is 31.6. The van der Waals surface area contributed by atoms with Crippen LogP contribution < -0.4 is 37.6 Å². The van der Waals surface area contributed by atoms with Gasteiger partial charge < -0.3 is 102 Å². The third-order valence-electron chi connectivity index (χ3n) is 12.1. The van der Waals surface area contributed by atoms with Crippen LogP contribution >= 0.6 is 0 Å². The van der Waals surface area contributed by atoms with E-state index in [0.29, 0.717) is 19.3 Å². The van der Waals surface area contributed by atoms with Crippen molar-refractivity contribution in [2.75, 3.05) is 46.5 Å². The van der Waals surface area contributed by atoms with Gasteiger partial charge in [-0.15, -0.1) is 0 Å². The van der Waals surface area contributed by atoms with E-state index in [0.717, 1.165) is 6.92 Å². The number of likely N-dealkylation sites (N-methyl/N-ethyl adjacent to an activating group) is 1. The van der Waals surface area contributed by atoms with Gasteiger partial charge in [0.05, 0.1) is 32.5 Å². The molecule has 4 fully saturated rings. The van der Waals surface area contributed by atoms with Gasteiger partial charge in [-0.3, -0.25) is 38.4 Å². The summed E-state index contributed by atoms with van der Waals surface area (Å²) >= 11 is 0. The first-order valence-electron chi connectivity index (χ1n) is 22.3. The van der Waals surface area contributed by atoms with Gasteiger partial charge in [0.25, 0.3) is 0 Å². The average Bonchev–Trinajstić information content (AvgIpc) is 4.00. The first-order chi connectivity index (χ1) is 32.1. The summed E-state index contributed by atoms with van der Waals surface area (Å²) in [5.41, 5.74) is 5.29. The highest BCUT2D eigenvalue weighted by Crippen LogP contribution is 2.31. The van der Waals surface area contributed by atoms with Crippen molar-refractivity contribution in [1.29, 1.82) is 0 Å². The second-order valence-corrected chi connectivity index (χ2v) is 17.1. The monoisotopic (exact) mass is 977 g/mol. The maximum absolute atomic E-state index is 14.3. The summed E-state index contributed by atoms with van der Waals surface area (Å²) in [5.74, 6) is -6.29. The van der Waals surface area contributed by atoms with Gasteiger partial charge >= 0.3 is 0 Å². The Morgan fingerprint density at radius 1 is 0.735 bits per heavy atom. The van der Waals surface area contributed by atoms with E-state index in [1.54, 1.807) is 0 Å². The van der Waals surface area contributed by atoms with Crippen molar-refractivity contribution in [3.8, 4) is 0 Å². The molecule has 8 amide bonds. The van der Waals surface area contributed by atoms with Gasteiger partial charge in [-0.25, -0.2) is 0 Å². The second-order valence-electron chi connectivity index (χ2n) is 17.1. The van der Waals surface area contributed by atoms with Crippen LogP contribution in [0.25, 0.3) is 0 Å². The van der Waals surface area contributed by atoms with E-state index >= 15 is 0 Å². The Morgan fingerprint density at radius 2 is 1.34 bits per heavy atom. The highest BCUT2D eigenvalue weighted by Gasteiger charge is 2.53. The molecule has 4 aliphatic heterocycles. The van der Waals surface area contributed by atoms with Crippen molar-refractivity contribution in [3.63, 3.8) is 0 Å². The Bertz CT molecular complexity index is 1800. The summed E-state index contributed by atoms with van der Waals surface area (Å²) < 4.78 is 23.2. The fourth-order valence-electron chi connectivity index (χ4n) is 8.38. The molecule has 4 aliphatic rings. The average molecular weight is 978 g/mol. The van der Waals surface area contributed by atoms with Crippen molar-refractivity contribution >= 4 is 47.3 Å². The number of hydrogen-bond donors (Lipinski definition) is 14. The number of rotatable bonds is 21. The zero-order valence-corrected chi connectivity index (χ0v) is 38.4. The number of ether oxygens (including phenoxy) is 4. The number of nitrogens with two attached hydrogens (primary N) is 1. The summed E-state index contributed by atoms with van der Waals surface area (Å²) in [4.78, 5) is 108. The van der Waals surface area contributed by atoms with Crippen molar-refractivity contribution in [3.05, 3.63) is 0 Å². The summed E-state index contributed by atoms with van der Waals surface area (Å²) in [6.45, 7) is 2.34. The van der Waals surface area contributed by atoms with Crippen LogP contribution in [-0.4, -0.2) is 243 Å². The van der Waals surface area contributed by atoms with E-state index in [2.05, 4.69) is 31.9 Å². The lowest BCUT2D eigenvalue weighted by molar-refractivity contribution is -0.347. The first kappa shape index (κ1) is 55.9. The summed E-state index contributed by atoms with van der Waals surface area (Å²) in [5, 5.41) is 87.4. The van der Waals surface area contributed by atoms with Gasteiger partial charge in [-0.2, -0.15) is 0 Å². The number of carbonyl (C=O) groups is 8. The third kappa shape index (κ3) is 13.5. The number of primary amides is 1. The molecule has 0 aromatic heterocycles. The molecule has 15 N–H and O–H groups in total. The largest absolute Gasteiger partial charge is 0.394 e. The van der Waals surface area contributed by atoms with Crippen LogP contribution in [0.4, 0.5) is 0 Å². The van der Waals surface area contributed by atoms with E-state index in [-0.39, 0.29) is 26.1 Å². The van der Waals surface area contributed by atoms with Crippen molar-refractivity contribution in [2.45, 2.75) is 157 Å². The van der Waals surface area contributed by atoms with Gasteiger partial charge in [0, 0.05) is 20.0 Å². The third-order valence-corrected chi connectivity index (χ3v) is 12.1. The minimum atomic E-state index is -1.98. The predicted molar refractivity (Wildman–Crippen MR) is 227 cm³/mol. The fraction of sp³-hybridized carbons (Fsp3) is 0.800. The van der Waals surface area contributed by atoms with Gasteiger partial charge in [0.1, 0.15) is 85.0 Å². The number of carbonyl (C=O) groups excluding carboxylic acids is 8. The molecule has 0 bridgehead atoms. The zero-order chi connectivity index (χ0) is 50.7. The molecule has 386 valence electrons. The molecule has 0 saturated carbocycles. The lowest BCUT2D eigenvalue weighted by atomic mass is 9.95. The first-order valence-corrected chi connectivity index (χ1v) is 22.3. The predicted octanol–water partition coefficient (Wildman–Crippen LogP) is -9.18. The van der Waals surface area contributed by atoms with Gasteiger partial charge in [-0.1, -0.05) is 0 Å². The maximum atomic E-state index is 14.3. The molecule has 0 aromatic rings. The van der Waals surface area contributed by atoms with Crippen LogP contribution in [0.15, 0.2) is 0 Å². The molecule has 4 saturated heterocycles. The van der Waals surface area contributed by atoms with Crippen LogP contribution in [-0.2, 0) is 57.3 Å². The topological polar surface area (TPSA) is 420 Å². The van der Waals surface area contributed by atoms with Crippen LogP contribution in [0.3, 0.4) is 0 Å². The summed E-state index contributed by atoms with van der Waals surface area (Å²) in [6, 6.07) is -9.45. The Kier molecular flexibility index (Phi) is 20.7. The minimum absolute atomic E-state index is 0.0941. The maximum Gasteiger partial charge on any atom is 0.246 e. The van der Waals surface area contributed by atoms with E-state index < -0.39 is 171 Å². The zero-order valence-electron chi connectivity index (χ0n) is 38.4. The highest BCUT2D eigenvalue weighted by molar-refractivity contribution is 5.97. The molecule has 68 heavy (non-hydrogen) atoms. The molecule has 0 aliphatic carbocycles. The molecule has 0 aromatic carbocycles. The molecule has 0 spiro atoms. The Labute approximate surface area is 390 Å². The van der Waals surface area contributed by atoms with Crippen LogP contribution in [0.1, 0.15) is 53.4 Å². The molecule has 28 heteroatoms. The van der Waals surface area contributed by atoms with Gasteiger partial charge in [0.2, 0.25) is 47.3 Å². The number of nitrogens with zero attached hydrogens (tertiary/aromatic N) is 2. The quantitative estimate of drug-likeness (QED) is 0.0508. The number of aliphatic hydroxyl groups excluding tert-OH is 7. The number of amides is 8. The number of hydrogen-bond acceptors (Lipinski definition) is 20. The van der Waals surface area contributed by atoms with E-state index in [9.17, 15) is 74.1 Å². The fourth-order valence-corrected chi connectivity index (χ4v) is 8.38. The molecule has 4 rings (SSSR count). The summed E-state index contributed by atoms with van der Waals surface area (Å²) in [6.07, 6.45) is -16.2. The van der Waals surface area contributed by atoms with E-state index in [4.69, 9.17) is 24.7 Å².